The molecule has 0 spiro atoms. The number of phenols is 1. The first-order valence-electron chi connectivity index (χ1n) is 8.56. The quantitative estimate of drug-likeness (QED) is 0.300. The number of rotatable bonds is 3. The number of hydrogen-bond donors (Lipinski definition) is 2. The Balaban J connectivity index is 1.97. The van der Waals surface area contributed by atoms with E-state index in [9.17, 15) is 22.9 Å². The van der Waals surface area contributed by atoms with E-state index in [4.69, 9.17) is 4.42 Å². The minimum absolute atomic E-state index is 0.0815. The number of aromatic hydroxyl groups is 1. The van der Waals surface area contributed by atoms with Gasteiger partial charge in [0.2, 0.25) is 0 Å². The summed E-state index contributed by atoms with van der Waals surface area (Å²) >= 11 is 0. The highest BCUT2D eigenvalue weighted by molar-refractivity contribution is 7.86. The minimum atomic E-state index is -4.55. The summed E-state index contributed by atoms with van der Waals surface area (Å²) in [6.07, 6.45) is 0. The SMILES string of the molecule is CC(=Nc1c(O)cc(S(=O)(=O)O)c2ccccc12)c1cc2ccccc2oc1=O. The van der Waals surface area contributed by atoms with E-state index in [1.807, 2.05) is 6.07 Å². The minimum Gasteiger partial charge on any atom is -0.506 e. The molecular weight excluding hydrogens is 394 g/mol. The third-order valence-electron chi connectivity index (χ3n) is 4.55. The molecule has 0 aliphatic heterocycles. The van der Waals surface area contributed by atoms with Crippen LogP contribution >= 0.6 is 0 Å². The molecule has 146 valence electrons. The van der Waals surface area contributed by atoms with E-state index in [2.05, 4.69) is 4.99 Å². The number of benzene rings is 3. The molecular formula is C21H15NO6S. The fraction of sp³-hybridized carbons (Fsp3) is 0.0476. The zero-order valence-corrected chi connectivity index (χ0v) is 16.0. The first kappa shape index (κ1) is 18.9. The summed E-state index contributed by atoms with van der Waals surface area (Å²) in [5, 5.41) is 11.6. The van der Waals surface area contributed by atoms with Gasteiger partial charge in [-0.1, -0.05) is 42.5 Å². The van der Waals surface area contributed by atoms with Gasteiger partial charge in [0.1, 0.15) is 21.9 Å². The second kappa shape index (κ2) is 6.84. The summed E-state index contributed by atoms with van der Waals surface area (Å²) in [5.74, 6) is -0.444. The van der Waals surface area contributed by atoms with Crippen molar-refractivity contribution in [2.24, 2.45) is 4.99 Å². The van der Waals surface area contributed by atoms with Gasteiger partial charge in [0.05, 0.1) is 11.3 Å². The summed E-state index contributed by atoms with van der Waals surface area (Å²) in [5.41, 5.74) is 0.441. The van der Waals surface area contributed by atoms with Crippen LogP contribution in [0.4, 0.5) is 5.69 Å². The third-order valence-corrected chi connectivity index (χ3v) is 5.44. The number of phenolic OH excluding ortho intramolecular Hbond substituents is 1. The number of nitrogens with zero attached hydrogens (tertiary/aromatic N) is 1. The lowest BCUT2D eigenvalue weighted by Crippen LogP contribution is -2.11. The second-order valence-electron chi connectivity index (χ2n) is 6.45. The van der Waals surface area contributed by atoms with Gasteiger partial charge in [-0.2, -0.15) is 8.42 Å². The lowest BCUT2D eigenvalue weighted by atomic mass is 10.1. The summed E-state index contributed by atoms with van der Waals surface area (Å²) in [7, 11) is -4.55. The van der Waals surface area contributed by atoms with Gasteiger partial charge in [0, 0.05) is 22.2 Å². The molecule has 0 bridgehead atoms. The predicted molar refractivity (Wildman–Crippen MR) is 110 cm³/mol. The van der Waals surface area contributed by atoms with Crippen molar-refractivity contribution < 1.29 is 22.5 Å². The molecule has 8 heteroatoms. The summed E-state index contributed by atoms with van der Waals surface area (Å²) in [6.45, 7) is 1.59. The van der Waals surface area contributed by atoms with Crippen LogP contribution in [0.25, 0.3) is 21.7 Å². The van der Waals surface area contributed by atoms with E-state index < -0.39 is 26.4 Å². The van der Waals surface area contributed by atoms with E-state index >= 15 is 0 Å². The van der Waals surface area contributed by atoms with Gasteiger partial charge in [0.15, 0.2) is 0 Å². The Morgan fingerprint density at radius 2 is 1.66 bits per heavy atom. The van der Waals surface area contributed by atoms with Crippen molar-refractivity contribution in [2.75, 3.05) is 0 Å². The van der Waals surface area contributed by atoms with Gasteiger partial charge < -0.3 is 9.52 Å². The third kappa shape index (κ3) is 3.39. The van der Waals surface area contributed by atoms with Gasteiger partial charge in [-0.3, -0.25) is 4.55 Å². The molecule has 2 N–H and O–H groups in total. The van der Waals surface area contributed by atoms with Crippen LogP contribution in [0.15, 0.2) is 79.8 Å². The van der Waals surface area contributed by atoms with Gasteiger partial charge in [0.25, 0.3) is 10.1 Å². The van der Waals surface area contributed by atoms with Crippen molar-refractivity contribution in [1.29, 1.82) is 0 Å². The van der Waals surface area contributed by atoms with Crippen molar-refractivity contribution in [3.63, 3.8) is 0 Å². The van der Waals surface area contributed by atoms with Crippen molar-refractivity contribution in [3.05, 3.63) is 76.6 Å². The highest BCUT2D eigenvalue weighted by atomic mass is 32.2. The highest BCUT2D eigenvalue weighted by Gasteiger charge is 2.20. The molecule has 0 aliphatic carbocycles. The maximum absolute atomic E-state index is 12.4. The molecule has 0 aliphatic rings. The Labute approximate surface area is 165 Å². The molecule has 3 aromatic carbocycles. The molecule has 0 radical (unpaired) electrons. The molecule has 4 rings (SSSR count). The Morgan fingerprint density at radius 1 is 1.00 bits per heavy atom. The normalized spacial score (nSPS) is 12.6. The van der Waals surface area contributed by atoms with Gasteiger partial charge in [-0.15, -0.1) is 0 Å². The maximum Gasteiger partial charge on any atom is 0.345 e. The molecule has 0 amide bonds. The molecule has 0 fully saturated rings. The van der Waals surface area contributed by atoms with Gasteiger partial charge >= 0.3 is 5.63 Å². The van der Waals surface area contributed by atoms with Crippen LogP contribution in [0.2, 0.25) is 0 Å². The van der Waals surface area contributed by atoms with Crippen molar-refractivity contribution in [3.8, 4) is 5.75 Å². The lowest BCUT2D eigenvalue weighted by Gasteiger charge is -2.10. The van der Waals surface area contributed by atoms with Crippen LogP contribution < -0.4 is 5.63 Å². The monoisotopic (exact) mass is 409 g/mol. The predicted octanol–water partition coefficient (Wildman–Crippen LogP) is 4.04. The van der Waals surface area contributed by atoms with E-state index in [0.29, 0.717) is 16.4 Å². The van der Waals surface area contributed by atoms with Gasteiger partial charge in [-0.05, 0) is 19.1 Å². The second-order valence-corrected chi connectivity index (χ2v) is 7.84. The van der Waals surface area contributed by atoms with Crippen molar-refractivity contribution >= 4 is 43.3 Å². The molecule has 0 atom stereocenters. The molecule has 0 saturated heterocycles. The van der Waals surface area contributed by atoms with Crippen molar-refractivity contribution in [1.82, 2.24) is 0 Å². The van der Waals surface area contributed by atoms with Crippen LogP contribution in [0.3, 0.4) is 0 Å². The molecule has 29 heavy (non-hydrogen) atoms. The Kier molecular flexibility index (Phi) is 4.45. The van der Waals surface area contributed by atoms with Crippen LogP contribution in [-0.2, 0) is 10.1 Å². The van der Waals surface area contributed by atoms with Gasteiger partial charge in [-0.25, -0.2) is 9.79 Å². The van der Waals surface area contributed by atoms with E-state index in [-0.39, 0.29) is 22.3 Å². The van der Waals surface area contributed by atoms with E-state index in [1.54, 1.807) is 49.4 Å². The van der Waals surface area contributed by atoms with Crippen LogP contribution in [0.1, 0.15) is 12.5 Å². The average Bonchev–Trinajstić information content (AvgIpc) is 2.68. The first-order valence-corrected chi connectivity index (χ1v) is 10.0. The fourth-order valence-electron chi connectivity index (χ4n) is 3.19. The summed E-state index contributed by atoms with van der Waals surface area (Å²) in [6, 6.07) is 15.9. The average molecular weight is 409 g/mol. The topological polar surface area (TPSA) is 117 Å². The largest absolute Gasteiger partial charge is 0.506 e. The molecule has 0 saturated carbocycles. The molecule has 0 unspecified atom stereocenters. The van der Waals surface area contributed by atoms with Crippen LogP contribution in [0.5, 0.6) is 5.75 Å². The van der Waals surface area contributed by atoms with E-state index in [0.717, 1.165) is 6.07 Å². The highest BCUT2D eigenvalue weighted by Crippen LogP contribution is 2.39. The summed E-state index contributed by atoms with van der Waals surface area (Å²) in [4.78, 5) is 16.3. The lowest BCUT2D eigenvalue weighted by molar-refractivity contribution is 0.469. The molecule has 1 aromatic heterocycles. The van der Waals surface area contributed by atoms with Crippen LogP contribution in [-0.4, -0.2) is 23.8 Å². The van der Waals surface area contributed by atoms with Crippen molar-refractivity contribution in [2.45, 2.75) is 11.8 Å². The fourth-order valence-corrected chi connectivity index (χ4v) is 3.90. The first-order chi connectivity index (χ1) is 13.8. The maximum atomic E-state index is 12.4. The zero-order chi connectivity index (χ0) is 20.8. The van der Waals surface area contributed by atoms with Crippen LogP contribution in [0, 0.1) is 0 Å². The standard InChI is InChI=1S/C21H15NO6S/c1-12(16-10-13-6-2-5-9-18(13)28-21(16)24)22-20-15-8-4-3-7-14(15)19(11-17(20)23)29(25,26)27/h2-11,23H,1H3,(H,25,26,27). The summed E-state index contributed by atoms with van der Waals surface area (Å²) < 4.78 is 38.1. The molecule has 7 nitrogen and oxygen atoms in total. The number of para-hydroxylation sites is 1. The smallest absolute Gasteiger partial charge is 0.345 e. The molecule has 1 heterocycles. The number of fused-ring (bicyclic) bond motifs is 2. The Morgan fingerprint density at radius 3 is 2.38 bits per heavy atom. The molecule has 4 aromatic rings. The Bertz CT molecular complexity index is 1470. The number of hydrogen-bond acceptors (Lipinski definition) is 6. The zero-order valence-electron chi connectivity index (χ0n) is 15.2. The number of aliphatic imine (C=N–C) groups is 1. The van der Waals surface area contributed by atoms with E-state index in [1.165, 1.54) is 6.07 Å². The Hall–Kier alpha value is -3.49.